The van der Waals surface area contributed by atoms with E-state index in [4.69, 9.17) is 14.2 Å². The molecule has 2 aliphatic heterocycles. The van der Waals surface area contributed by atoms with Crippen molar-refractivity contribution in [1.82, 2.24) is 15.1 Å². The van der Waals surface area contributed by atoms with Gasteiger partial charge in [0, 0.05) is 42.8 Å². The topological polar surface area (TPSA) is 113 Å². The zero-order valence-corrected chi connectivity index (χ0v) is 23.4. The Morgan fingerprint density at radius 1 is 1.13 bits per heavy atom. The Morgan fingerprint density at radius 2 is 1.87 bits per heavy atom. The minimum atomic E-state index is -0.327. The van der Waals surface area contributed by atoms with Crippen LogP contribution in [-0.4, -0.2) is 78.6 Å². The summed E-state index contributed by atoms with van der Waals surface area (Å²) < 4.78 is 17.5. The van der Waals surface area contributed by atoms with Gasteiger partial charge in [-0.3, -0.25) is 9.69 Å². The van der Waals surface area contributed by atoms with Crippen molar-refractivity contribution in [3.63, 3.8) is 0 Å². The van der Waals surface area contributed by atoms with Crippen LogP contribution in [0.1, 0.15) is 38.8 Å². The molecule has 0 aromatic heterocycles. The van der Waals surface area contributed by atoms with Gasteiger partial charge in [-0.05, 0) is 63.7 Å². The second-order valence-corrected chi connectivity index (χ2v) is 10.8. The van der Waals surface area contributed by atoms with Gasteiger partial charge in [0.15, 0.2) is 11.5 Å². The number of aliphatic hydroxyl groups is 1. The largest absolute Gasteiger partial charge is 0.488 e. The van der Waals surface area contributed by atoms with Gasteiger partial charge in [-0.2, -0.15) is 0 Å². The van der Waals surface area contributed by atoms with Crippen LogP contribution >= 0.6 is 0 Å². The van der Waals surface area contributed by atoms with Crippen molar-refractivity contribution in [3.8, 4) is 17.2 Å². The maximum absolute atomic E-state index is 13.4. The molecule has 10 nitrogen and oxygen atoms in total. The molecule has 4 rings (SSSR count). The number of nitrogens with one attached hydrogen (secondary N) is 2. The third-order valence-corrected chi connectivity index (χ3v) is 6.98. The van der Waals surface area contributed by atoms with E-state index in [-0.39, 0.29) is 55.9 Å². The highest BCUT2D eigenvalue weighted by Crippen LogP contribution is 2.33. The van der Waals surface area contributed by atoms with E-state index in [0.717, 1.165) is 17.1 Å². The molecule has 0 spiro atoms. The summed E-state index contributed by atoms with van der Waals surface area (Å²) in [7, 11) is 2.04. The van der Waals surface area contributed by atoms with E-state index >= 15 is 0 Å². The molecule has 2 aromatic carbocycles. The molecular weight excluding hydrogens is 500 g/mol. The molecule has 10 heteroatoms. The molecular formula is C29H40N4O6. The molecule has 0 fully saturated rings. The summed E-state index contributed by atoms with van der Waals surface area (Å²) in [4.78, 5) is 29.6. The summed E-state index contributed by atoms with van der Waals surface area (Å²) in [5.41, 5.74) is 2.36. The second-order valence-electron chi connectivity index (χ2n) is 10.8. The van der Waals surface area contributed by atoms with Gasteiger partial charge in [0.1, 0.15) is 11.9 Å². The maximum Gasteiger partial charge on any atom is 0.319 e. The zero-order valence-electron chi connectivity index (χ0n) is 23.4. The Balaban J connectivity index is 1.56. The summed E-state index contributed by atoms with van der Waals surface area (Å²) in [5, 5.41) is 15.5. The molecule has 0 aliphatic carbocycles. The Kier molecular flexibility index (Phi) is 9.19. The molecule has 3 N–H and O–H groups in total. The highest BCUT2D eigenvalue weighted by molar-refractivity contribution is 5.90. The molecule has 39 heavy (non-hydrogen) atoms. The molecule has 0 saturated carbocycles. The van der Waals surface area contributed by atoms with Gasteiger partial charge in [0.2, 0.25) is 12.7 Å². The first-order valence-electron chi connectivity index (χ1n) is 13.5. The fourth-order valence-electron chi connectivity index (χ4n) is 4.88. The maximum atomic E-state index is 13.4. The van der Waals surface area contributed by atoms with Crippen LogP contribution in [0.25, 0.3) is 0 Å². The smallest absolute Gasteiger partial charge is 0.319 e. The number of hydrogen-bond donors (Lipinski definition) is 3. The van der Waals surface area contributed by atoms with E-state index in [0.29, 0.717) is 36.6 Å². The van der Waals surface area contributed by atoms with Crippen molar-refractivity contribution in [2.45, 2.75) is 58.8 Å². The lowest BCUT2D eigenvalue weighted by Crippen LogP contribution is -2.47. The van der Waals surface area contributed by atoms with Gasteiger partial charge in [-0.1, -0.05) is 13.0 Å². The SMILES string of the molecule is CC(C)NC(=O)Nc1ccc2c(c1)CC(=O)N([C@@H](C)CO)C[C@H](C)[C@H](CN(C)Cc1ccc3c(c1)OCO3)O2. The van der Waals surface area contributed by atoms with Gasteiger partial charge in [0.05, 0.1) is 19.1 Å². The van der Waals surface area contributed by atoms with E-state index in [1.807, 2.05) is 52.1 Å². The van der Waals surface area contributed by atoms with Crippen molar-refractivity contribution < 1.29 is 28.9 Å². The molecule has 0 bridgehead atoms. The summed E-state index contributed by atoms with van der Waals surface area (Å²) in [6.07, 6.45) is -0.127. The first kappa shape index (κ1) is 28.5. The van der Waals surface area contributed by atoms with Gasteiger partial charge in [-0.25, -0.2) is 4.79 Å². The van der Waals surface area contributed by atoms with Crippen LogP contribution in [0.4, 0.5) is 10.5 Å². The van der Waals surface area contributed by atoms with Crippen molar-refractivity contribution in [2.24, 2.45) is 5.92 Å². The molecule has 0 saturated heterocycles. The molecule has 2 aliphatic rings. The number of fused-ring (bicyclic) bond motifs is 2. The highest BCUT2D eigenvalue weighted by Gasteiger charge is 2.31. The number of anilines is 1. The number of ether oxygens (including phenoxy) is 3. The molecule has 0 unspecified atom stereocenters. The van der Waals surface area contributed by atoms with E-state index in [1.165, 1.54) is 0 Å². The first-order valence-corrected chi connectivity index (χ1v) is 13.5. The predicted molar refractivity (Wildman–Crippen MR) is 148 cm³/mol. The quantitative estimate of drug-likeness (QED) is 0.471. The monoisotopic (exact) mass is 540 g/mol. The minimum absolute atomic E-state index is 0.00631. The van der Waals surface area contributed by atoms with E-state index < -0.39 is 0 Å². The van der Waals surface area contributed by atoms with Crippen LogP contribution in [0.15, 0.2) is 36.4 Å². The molecule has 0 radical (unpaired) electrons. The number of urea groups is 1. The zero-order chi connectivity index (χ0) is 28.1. The Labute approximate surface area is 230 Å². The lowest BCUT2D eigenvalue weighted by Gasteiger charge is -2.34. The van der Waals surface area contributed by atoms with E-state index in [2.05, 4.69) is 22.5 Å². The number of hydrogen-bond acceptors (Lipinski definition) is 7. The number of benzene rings is 2. The van der Waals surface area contributed by atoms with Crippen LogP contribution in [0.2, 0.25) is 0 Å². The molecule has 212 valence electrons. The number of rotatable bonds is 8. The fraction of sp³-hybridized carbons (Fsp3) is 0.517. The van der Waals surface area contributed by atoms with Crippen molar-refractivity contribution in [3.05, 3.63) is 47.5 Å². The molecule has 3 amide bonds. The van der Waals surface area contributed by atoms with Crippen molar-refractivity contribution in [2.75, 3.05) is 38.9 Å². The Hall–Kier alpha value is -3.50. The van der Waals surface area contributed by atoms with Crippen LogP contribution in [0.5, 0.6) is 17.2 Å². The van der Waals surface area contributed by atoms with E-state index in [9.17, 15) is 14.7 Å². The molecule has 2 heterocycles. The Morgan fingerprint density at radius 3 is 2.62 bits per heavy atom. The number of likely N-dealkylation sites (N-methyl/N-ethyl adjacent to an activating group) is 1. The van der Waals surface area contributed by atoms with E-state index in [1.54, 1.807) is 17.0 Å². The fourth-order valence-corrected chi connectivity index (χ4v) is 4.88. The van der Waals surface area contributed by atoms with Crippen molar-refractivity contribution >= 4 is 17.6 Å². The number of carbonyl (C=O) groups is 2. The normalized spacial score (nSPS) is 19.6. The first-order chi connectivity index (χ1) is 18.6. The Bertz CT molecular complexity index is 1170. The number of aliphatic hydroxyl groups excluding tert-OH is 1. The van der Waals surface area contributed by atoms with Crippen molar-refractivity contribution in [1.29, 1.82) is 0 Å². The van der Waals surface area contributed by atoms with Gasteiger partial charge < -0.3 is 34.9 Å². The third kappa shape index (κ3) is 7.33. The summed E-state index contributed by atoms with van der Waals surface area (Å²) >= 11 is 0. The standard InChI is InChI=1S/C29H40N4O6/c1-18(2)30-29(36)31-23-7-9-24-22(11-23)12-28(35)33(20(4)16-34)13-19(3)27(39-24)15-32(5)14-21-6-8-25-26(10-21)38-17-37-25/h6-11,18-20,27,34H,12-17H2,1-5H3,(H2,30,31,36)/t19-,20-,27-/m0/s1. The van der Waals surface area contributed by atoms with Crippen LogP contribution in [0, 0.1) is 5.92 Å². The predicted octanol–water partition coefficient (Wildman–Crippen LogP) is 3.23. The number of nitrogens with zero attached hydrogens (tertiary/aromatic N) is 2. The molecule has 3 atom stereocenters. The summed E-state index contributed by atoms with van der Waals surface area (Å²) in [5.74, 6) is 2.02. The number of carbonyl (C=O) groups excluding carboxylic acids is 2. The summed E-state index contributed by atoms with van der Waals surface area (Å²) in [6.45, 7) is 9.55. The second kappa shape index (κ2) is 12.6. The minimum Gasteiger partial charge on any atom is -0.488 e. The third-order valence-electron chi connectivity index (χ3n) is 6.98. The number of amides is 3. The summed E-state index contributed by atoms with van der Waals surface area (Å²) in [6, 6.07) is 10.7. The average Bonchev–Trinajstić information content (AvgIpc) is 3.35. The van der Waals surface area contributed by atoms with Gasteiger partial charge in [0.25, 0.3) is 0 Å². The lowest BCUT2D eigenvalue weighted by molar-refractivity contribution is -0.134. The highest BCUT2D eigenvalue weighted by atomic mass is 16.7. The lowest BCUT2D eigenvalue weighted by atomic mass is 10.0. The van der Waals surface area contributed by atoms with Crippen LogP contribution < -0.4 is 24.8 Å². The molecule has 2 aromatic rings. The average molecular weight is 541 g/mol. The van der Waals surface area contributed by atoms with Crippen LogP contribution in [-0.2, 0) is 17.8 Å². The van der Waals surface area contributed by atoms with Gasteiger partial charge >= 0.3 is 6.03 Å². The van der Waals surface area contributed by atoms with Crippen LogP contribution in [0.3, 0.4) is 0 Å². The van der Waals surface area contributed by atoms with Gasteiger partial charge in [-0.15, -0.1) is 0 Å².